The number of hydrogen-bond acceptors (Lipinski definition) is 4. The molecule has 2 aliphatic heterocycles. The van der Waals surface area contributed by atoms with E-state index in [1.54, 1.807) is 0 Å². The van der Waals surface area contributed by atoms with Crippen LogP contribution in [0.25, 0.3) is 0 Å². The molecule has 2 aliphatic rings. The first kappa shape index (κ1) is 20.1. The Balaban J connectivity index is 1.53. The van der Waals surface area contributed by atoms with Crippen LogP contribution in [0.2, 0.25) is 0 Å². The van der Waals surface area contributed by atoms with Crippen LogP contribution < -0.4 is 0 Å². The molecule has 156 valence electrons. The van der Waals surface area contributed by atoms with Crippen LogP contribution in [0, 0.1) is 13.8 Å². The lowest BCUT2D eigenvalue weighted by molar-refractivity contribution is -0.137. The van der Waals surface area contributed by atoms with Gasteiger partial charge in [0.2, 0.25) is 5.91 Å². The van der Waals surface area contributed by atoms with Gasteiger partial charge >= 0.3 is 0 Å². The third-order valence-corrected chi connectivity index (χ3v) is 6.98. The molecule has 0 unspecified atom stereocenters. The second-order valence-corrected chi connectivity index (χ2v) is 8.73. The molecule has 0 radical (unpaired) electrons. The van der Waals surface area contributed by atoms with Crippen molar-refractivity contribution in [2.24, 2.45) is 0 Å². The Kier molecular flexibility index (Phi) is 6.04. The lowest BCUT2D eigenvalue weighted by atomic mass is 9.79. The highest BCUT2D eigenvalue weighted by Crippen LogP contribution is 2.38. The van der Waals surface area contributed by atoms with Gasteiger partial charge in [-0.25, -0.2) is 0 Å². The van der Waals surface area contributed by atoms with Gasteiger partial charge in [-0.3, -0.25) is 4.79 Å². The van der Waals surface area contributed by atoms with Gasteiger partial charge in [-0.1, -0.05) is 41.9 Å². The molecule has 0 N–H and O–H groups in total. The average Bonchev–Trinajstić information content (AvgIpc) is 2.93. The summed E-state index contributed by atoms with van der Waals surface area (Å²) in [5, 5.41) is 4.03. The standard InChI is InChI=1S/C24H33N3O2/c1-17-20(18(2)29-25-17)12-13-23(28)27-16-14-21(19-9-5-4-6-10-19)24-22(27)11-7-8-15-26(24)3/h4-6,9-10,21-22,24H,7-8,11-16H2,1-3H3/t21-,22-,24-/m1/s1. The van der Waals surface area contributed by atoms with Gasteiger partial charge in [0.15, 0.2) is 0 Å². The zero-order chi connectivity index (χ0) is 20.4. The molecular weight excluding hydrogens is 362 g/mol. The van der Waals surface area contributed by atoms with Crippen molar-refractivity contribution in [3.05, 3.63) is 52.9 Å². The van der Waals surface area contributed by atoms with Gasteiger partial charge < -0.3 is 14.3 Å². The quantitative estimate of drug-likeness (QED) is 0.782. The third-order valence-electron chi connectivity index (χ3n) is 6.98. The van der Waals surface area contributed by atoms with E-state index in [0.29, 0.717) is 30.8 Å². The fraction of sp³-hybridized carbons (Fsp3) is 0.583. The Labute approximate surface area is 174 Å². The predicted molar refractivity (Wildman–Crippen MR) is 114 cm³/mol. The van der Waals surface area contributed by atoms with Crippen LogP contribution in [0.15, 0.2) is 34.9 Å². The number of piperidine rings is 1. The van der Waals surface area contributed by atoms with Crippen LogP contribution >= 0.6 is 0 Å². The van der Waals surface area contributed by atoms with Crippen molar-refractivity contribution in [2.75, 3.05) is 20.1 Å². The highest BCUT2D eigenvalue weighted by molar-refractivity contribution is 5.77. The molecular formula is C24H33N3O2. The number of fused-ring (bicyclic) bond motifs is 1. The normalized spacial score (nSPS) is 25.5. The number of likely N-dealkylation sites (N-methyl/N-ethyl adjacent to an activating group) is 1. The van der Waals surface area contributed by atoms with Gasteiger partial charge in [-0.05, 0) is 58.7 Å². The molecule has 1 aromatic carbocycles. The van der Waals surface area contributed by atoms with Crippen molar-refractivity contribution in [3.8, 4) is 0 Å². The SMILES string of the molecule is Cc1noc(C)c1CCC(=O)N1CC[C@H](c2ccccc2)[C@@H]2[C@H]1CCCCN2C. The summed E-state index contributed by atoms with van der Waals surface area (Å²) in [6.45, 7) is 5.86. The maximum absolute atomic E-state index is 13.3. The van der Waals surface area contributed by atoms with E-state index in [9.17, 15) is 4.79 Å². The summed E-state index contributed by atoms with van der Waals surface area (Å²) in [6, 6.07) is 11.6. The monoisotopic (exact) mass is 395 g/mol. The Bertz CT molecular complexity index is 812. The van der Waals surface area contributed by atoms with Crippen molar-refractivity contribution in [2.45, 2.75) is 70.4 Å². The second-order valence-electron chi connectivity index (χ2n) is 8.73. The molecule has 0 saturated carbocycles. The molecule has 1 aromatic heterocycles. The molecule has 3 atom stereocenters. The molecule has 2 saturated heterocycles. The van der Waals surface area contributed by atoms with E-state index in [-0.39, 0.29) is 5.91 Å². The van der Waals surface area contributed by atoms with Gasteiger partial charge in [0.05, 0.1) is 5.69 Å². The van der Waals surface area contributed by atoms with Crippen molar-refractivity contribution >= 4 is 5.91 Å². The molecule has 2 aromatic rings. The number of carbonyl (C=O) groups is 1. The number of nitrogens with zero attached hydrogens (tertiary/aromatic N) is 3. The van der Waals surface area contributed by atoms with E-state index in [1.807, 2.05) is 13.8 Å². The van der Waals surface area contributed by atoms with Crippen LogP contribution in [-0.4, -0.2) is 53.1 Å². The summed E-state index contributed by atoms with van der Waals surface area (Å²) < 4.78 is 5.27. The predicted octanol–water partition coefficient (Wildman–Crippen LogP) is 4.09. The van der Waals surface area contributed by atoms with Crippen molar-refractivity contribution in [3.63, 3.8) is 0 Å². The van der Waals surface area contributed by atoms with Crippen LogP contribution in [0.4, 0.5) is 0 Å². The minimum Gasteiger partial charge on any atom is -0.361 e. The van der Waals surface area contributed by atoms with Crippen molar-refractivity contribution < 1.29 is 9.32 Å². The maximum Gasteiger partial charge on any atom is 0.223 e. The highest BCUT2D eigenvalue weighted by atomic mass is 16.5. The molecule has 3 heterocycles. The summed E-state index contributed by atoms with van der Waals surface area (Å²) in [5.41, 5.74) is 3.41. The van der Waals surface area contributed by atoms with E-state index in [4.69, 9.17) is 4.52 Å². The minimum absolute atomic E-state index is 0.279. The summed E-state index contributed by atoms with van der Waals surface area (Å²) in [4.78, 5) is 18.0. The Hall–Kier alpha value is -2.14. The molecule has 29 heavy (non-hydrogen) atoms. The molecule has 5 heteroatoms. The van der Waals surface area contributed by atoms with E-state index in [0.717, 1.165) is 42.9 Å². The Morgan fingerprint density at radius 3 is 2.66 bits per heavy atom. The van der Waals surface area contributed by atoms with Crippen LogP contribution in [0.3, 0.4) is 0 Å². The Morgan fingerprint density at radius 1 is 1.14 bits per heavy atom. The van der Waals surface area contributed by atoms with E-state index < -0.39 is 0 Å². The summed E-state index contributed by atoms with van der Waals surface area (Å²) >= 11 is 0. The number of rotatable bonds is 4. The molecule has 5 nitrogen and oxygen atoms in total. The van der Waals surface area contributed by atoms with Crippen molar-refractivity contribution in [1.82, 2.24) is 15.0 Å². The summed E-state index contributed by atoms with van der Waals surface area (Å²) in [5.74, 6) is 1.61. The molecule has 0 spiro atoms. The fourth-order valence-electron chi connectivity index (χ4n) is 5.47. The van der Waals surface area contributed by atoms with Crippen LogP contribution in [0.5, 0.6) is 0 Å². The van der Waals surface area contributed by atoms with Gasteiger partial charge in [0.1, 0.15) is 5.76 Å². The maximum atomic E-state index is 13.3. The molecule has 2 fully saturated rings. The first-order chi connectivity index (χ1) is 14.1. The number of aromatic nitrogens is 1. The first-order valence-corrected chi connectivity index (χ1v) is 11.0. The van der Waals surface area contributed by atoms with Gasteiger partial charge in [0, 0.05) is 36.5 Å². The van der Waals surface area contributed by atoms with Crippen molar-refractivity contribution in [1.29, 1.82) is 0 Å². The topological polar surface area (TPSA) is 49.6 Å². The number of aryl methyl sites for hydroxylation is 2. The van der Waals surface area contributed by atoms with E-state index in [1.165, 1.54) is 18.4 Å². The van der Waals surface area contributed by atoms with Crippen LogP contribution in [-0.2, 0) is 11.2 Å². The lowest BCUT2D eigenvalue weighted by Gasteiger charge is -2.48. The lowest BCUT2D eigenvalue weighted by Crippen LogP contribution is -2.58. The second kappa shape index (κ2) is 8.70. The highest BCUT2D eigenvalue weighted by Gasteiger charge is 2.43. The van der Waals surface area contributed by atoms with Crippen LogP contribution in [0.1, 0.15) is 60.6 Å². The average molecular weight is 396 g/mol. The zero-order valence-electron chi connectivity index (χ0n) is 17.9. The number of amides is 1. The number of likely N-dealkylation sites (tertiary alicyclic amines) is 2. The summed E-state index contributed by atoms with van der Waals surface area (Å²) in [6.07, 6.45) is 5.80. The van der Waals surface area contributed by atoms with E-state index >= 15 is 0 Å². The number of hydrogen-bond donors (Lipinski definition) is 0. The fourth-order valence-corrected chi connectivity index (χ4v) is 5.47. The van der Waals surface area contributed by atoms with E-state index in [2.05, 4.69) is 52.3 Å². The van der Waals surface area contributed by atoms with Gasteiger partial charge in [-0.15, -0.1) is 0 Å². The third kappa shape index (κ3) is 4.11. The summed E-state index contributed by atoms with van der Waals surface area (Å²) in [7, 11) is 2.25. The molecule has 0 bridgehead atoms. The molecule has 1 amide bonds. The smallest absolute Gasteiger partial charge is 0.223 e. The largest absolute Gasteiger partial charge is 0.361 e. The van der Waals surface area contributed by atoms with Gasteiger partial charge in [-0.2, -0.15) is 0 Å². The Morgan fingerprint density at radius 2 is 1.93 bits per heavy atom. The number of carbonyl (C=O) groups excluding carboxylic acids is 1. The zero-order valence-corrected chi connectivity index (χ0v) is 17.9. The minimum atomic E-state index is 0.279. The molecule has 0 aliphatic carbocycles. The first-order valence-electron chi connectivity index (χ1n) is 11.0. The number of benzene rings is 1. The molecule has 4 rings (SSSR count). The van der Waals surface area contributed by atoms with Gasteiger partial charge in [0.25, 0.3) is 0 Å².